The number of nitrogens with zero attached hydrogens (tertiary/aromatic N) is 7. The molecule has 15 heteroatoms. The minimum absolute atomic E-state index is 0.0781. The van der Waals surface area contributed by atoms with Crippen LogP contribution in [0.25, 0.3) is 101 Å². The van der Waals surface area contributed by atoms with Gasteiger partial charge in [0.2, 0.25) is 0 Å². The van der Waals surface area contributed by atoms with Gasteiger partial charge in [-0.25, -0.2) is 34.3 Å². The second-order valence-corrected chi connectivity index (χ2v) is 25.5. The smallest absolute Gasteiger partial charge is 0.345 e. The summed E-state index contributed by atoms with van der Waals surface area (Å²) >= 11 is 0. The van der Waals surface area contributed by atoms with E-state index in [1.807, 2.05) is 115 Å². The van der Waals surface area contributed by atoms with Crippen molar-refractivity contribution in [3.63, 3.8) is 0 Å². The Hall–Kier alpha value is -8.98. The zero-order valence-electron chi connectivity index (χ0n) is 50.0. The van der Waals surface area contributed by atoms with Crippen LogP contribution in [0, 0.1) is 6.92 Å². The highest BCUT2D eigenvalue weighted by Gasteiger charge is 2.42. The van der Waals surface area contributed by atoms with E-state index in [9.17, 15) is 14.4 Å². The molecule has 0 spiro atoms. The molecule has 0 bridgehead atoms. The molecule has 5 aromatic carbocycles. The SMILES string of the molecule is CCN(CC)c1ccc2c(C)c(-c3cccc(-c4nc(-c5cccc(-c6cc7cc8c9c(c7oc6=O)C(C)(C)CCN9CCC8(C)C)c5)nc(-c5cncc(-c6cc7c(OC(C)(C)C)cc(OC(C)(C)C)cc7oc6=O)n5)n4)c3)c(=O)oc2c1. The Labute approximate surface area is 487 Å². The van der Waals surface area contributed by atoms with Gasteiger partial charge in [0.05, 0.1) is 40.2 Å². The molecule has 84 heavy (non-hydrogen) atoms. The highest BCUT2D eigenvalue weighted by Crippen LogP contribution is 2.52. The van der Waals surface area contributed by atoms with Crippen molar-refractivity contribution < 1.29 is 22.7 Å². The van der Waals surface area contributed by atoms with Gasteiger partial charge in [-0.3, -0.25) is 4.98 Å². The molecule has 7 heterocycles. The van der Waals surface area contributed by atoms with Crippen LogP contribution in [-0.2, 0) is 10.8 Å². The fourth-order valence-corrected chi connectivity index (χ4v) is 12.0. The minimum Gasteiger partial charge on any atom is -0.488 e. The third-order valence-electron chi connectivity index (χ3n) is 16.3. The summed E-state index contributed by atoms with van der Waals surface area (Å²) in [6.45, 7) is 30.4. The second kappa shape index (κ2) is 20.4. The topological polar surface area (TPSA) is 180 Å². The maximum absolute atomic E-state index is 14.5. The number of hydrogen-bond acceptors (Lipinski definition) is 15. The normalized spacial score (nSPS) is 14.7. The number of benzene rings is 5. The van der Waals surface area contributed by atoms with E-state index in [2.05, 4.69) is 68.5 Å². The molecular formula is C69H69N7O8. The molecule has 0 amide bonds. The van der Waals surface area contributed by atoms with Gasteiger partial charge in [0.1, 0.15) is 45.1 Å². The molecule has 10 aromatic rings. The molecule has 0 atom stereocenters. The Morgan fingerprint density at radius 2 is 1.20 bits per heavy atom. The van der Waals surface area contributed by atoms with Crippen molar-refractivity contribution >= 4 is 44.3 Å². The summed E-state index contributed by atoms with van der Waals surface area (Å²) in [6, 6.07) is 30.3. The third-order valence-corrected chi connectivity index (χ3v) is 16.3. The van der Waals surface area contributed by atoms with E-state index in [0.717, 1.165) is 66.6 Å². The number of fused-ring (bicyclic) bond motifs is 4. The van der Waals surface area contributed by atoms with Gasteiger partial charge in [0.15, 0.2) is 17.5 Å². The van der Waals surface area contributed by atoms with Gasteiger partial charge >= 0.3 is 16.9 Å². The number of anilines is 2. The highest BCUT2D eigenvalue weighted by atomic mass is 16.5. The van der Waals surface area contributed by atoms with Gasteiger partial charge in [0.25, 0.3) is 0 Å². The molecular weight excluding hydrogens is 1050 g/mol. The summed E-state index contributed by atoms with van der Waals surface area (Å²) in [6.07, 6.45) is 4.97. The van der Waals surface area contributed by atoms with Crippen LogP contribution in [0.5, 0.6) is 11.5 Å². The maximum Gasteiger partial charge on any atom is 0.345 e. The van der Waals surface area contributed by atoms with Crippen molar-refractivity contribution in [3.05, 3.63) is 157 Å². The number of aryl methyl sites for hydroxylation is 1. The Morgan fingerprint density at radius 3 is 1.89 bits per heavy atom. The lowest BCUT2D eigenvalue weighted by molar-refractivity contribution is 0.122. The van der Waals surface area contributed by atoms with Gasteiger partial charge in [-0.1, -0.05) is 64.1 Å². The van der Waals surface area contributed by atoms with E-state index in [-0.39, 0.29) is 50.8 Å². The van der Waals surface area contributed by atoms with Crippen LogP contribution in [-0.4, -0.2) is 62.3 Å². The highest BCUT2D eigenvalue weighted by molar-refractivity contribution is 5.94. The van der Waals surface area contributed by atoms with E-state index >= 15 is 0 Å². The van der Waals surface area contributed by atoms with Crippen molar-refractivity contribution in [2.24, 2.45) is 0 Å². The van der Waals surface area contributed by atoms with Gasteiger partial charge in [-0.15, -0.1) is 0 Å². The molecule has 0 aliphatic carbocycles. The first-order chi connectivity index (χ1) is 39.8. The van der Waals surface area contributed by atoms with Gasteiger partial charge in [-0.05, 0) is 151 Å². The number of ether oxygens (including phenoxy) is 2. The molecule has 0 saturated carbocycles. The van der Waals surface area contributed by atoms with Crippen LogP contribution >= 0.6 is 0 Å². The quantitative estimate of drug-likeness (QED) is 0.112. The lowest BCUT2D eigenvalue weighted by atomic mass is 9.69. The van der Waals surface area contributed by atoms with E-state index in [1.165, 1.54) is 23.6 Å². The van der Waals surface area contributed by atoms with E-state index in [0.29, 0.717) is 61.4 Å². The molecule has 428 valence electrons. The molecule has 0 N–H and O–H groups in total. The molecule has 0 saturated heterocycles. The van der Waals surface area contributed by atoms with Crippen LogP contribution in [0.2, 0.25) is 0 Å². The number of rotatable bonds is 11. The lowest BCUT2D eigenvalue weighted by Crippen LogP contribution is -2.44. The zero-order valence-corrected chi connectivity index (χ0v) is 50.0. The molecule has 0 fully saturated rings. The van der Waals surface area contributed by atoms with Crippen LogP contribution in [0.15, 0.2) is 137 Å². The number of hydrogen-bond donors (Lipinski definition) is 0. The lowest BCUT2D eigenvalue weighted by Gasteiger charge is -2.48. The molecule has 2 aliphatic heterocycles. The first-order valence-corrected chi connectivity index (χ1v) is 28.9. The summed E-state index contributed by atoms with van der Waals surface area (Å²) in [5.74, 6) is 1.60. The largest absolute Gasteiger partial charge is 0.488 e. The van der Waals surface area contributed by atoms with Crippen LogP contribution in [0.1, 0.15) is 113 Å². The molecule has 15 nitrogen and oxygen atoms in total. The van der Waals surface area contributed by atoms with E-state index in [4.69, 9.17) is 42.7 Å². The monoisotopic (exact) mass is 1120 g/mol. The Bertz CT molecular complexity index is 4500. The standard InChI is InChI=1S/C69H69N7O8/c1-14-75(15-2)44-22-23-46-38(3)56(65(79)81-53(46)32-44)40-19-17-21-42(29-40)61-72-60(41-20-16-18-39(28-41)47-30-43-31-50-58-57(59(43)82-63(47)77)69(12,13)25-27-76(58)26-24-68(50,10)11)73-62(74-61)52-37-70-36-51(71-52)48-35-49-54(80-64(48)78)33-45(83-66(4,5)6)34-55(49)84-67(7,8)9/h16-23,28-37H,14-15,24-27H2,1-13H3. The van der Waals surface area contributed by atoms with Gasteiger partial charge in [0, 0.05) is 83.2 Å². The molecule has 5 aromatic heterocycles. The summed E-state index contributed by atoms with van der Waals surface area (Å²) in [7, 11) is 0. The number of aromatic nitrogens is 5. The Balaban J connectivity index is 1.00. The molecule has 0 radical (unpaired) electrons. The Morgan fingerprint density at radius 1 is 0.595 bits per heavy atom. The van der Waals surface area contributed by atoms with E-state index < -0.39 is 28.1 Å². The van der Waals surface area contributed by atoms with Crippen molar-refractivity contribution in [3.8, 4) is 79.3 Å². The predicted octanol–water partition coefficient (Wildman–Crippen LogP) is 14.7. The average molecular weight is 1120 g/mol. The minimum atomic E-state index is -0.654. The van der Waals surface area contributed by atoms with Gasteiger partial charge in [-0.2, -0.15) is 0 Å². The zero-order chi connectivity index (χ0) is 59.4. The van der Waals surface area contributed by atoms with Crippen LogP contribution in [0.3, 0.4) is 0 Å². The van der Waals surface area contributed by atoms with Gasteiger partial charge < -0.3 is 32.5 Å². The molecule has 2 aliphatic rings. The Kier molecular flexibility index (Phi) is 13.5. The van der Waals surface area contributed by atoms with Crippen molar-refractivity contribution in [2.45, 2.75) is 125 Å². The average Bonchev–Trinajstić information content (AvgIpc) is 0.924. The van der Waals surface area contributed by atoms with Crippen LogP contribution in [0.4, 0.5) is 11.4 Å². The van der Waals surface area contributed by atoms with Crippen molar-refractivity contribution in [2.75, 3.05) is 36.0 Å². The predicted molar refractivity (Wildman–Crippen MR) is 333 cm³/mol. The van der Waals surface area contributed by atoms with Crippen LogP contribution < -0.4 is 36.2 Å². The summed E-state index contributed by atoms with van der Waals surface area (Å²) in [5.41, 5.74) is 7.43. The summed E-state index contributed by atoms with van der Waals surface area (Å²) in [5, 5.41) is 2.22. The summed E-state index contributed by atoms with van der Waals surface area (Å²) in [4.78, 5) is 72.1. The molecule has 12 rings (SSSR count). The molecule has 0 unspecified atom stereocenters. The first kappa shape index (κ1) is 55.5. The fourth-order valence-electron chi connectivity index (χ4n) is 12.0. The van der Waals surface area contributed by atoms with Crippen molar-refractivity contribution in [1.82, 2.24) is 24.9 Å². The fraction of sp³-hybridized carbons (Fsp3) is 0.333. The van der Waals surface area contributed by atoms with Crippen molar-refractivity contribution in [1.29, 1.82) is 0 Å². The third kappa shape index (κ3) is 10.3. The van der Waals surface area contributed by atoms with E-state index in [1.54, 1.807) is 18.2 Å². The maximum atomic E-state index is 14.5. The first-order valence-electron chi connectivity index (χ1n) is 28.9. The summed E-state index contributed by atoms with van der Waals surface area (Å²) < 4.78 is 31.2. The second-order valence-electron chi connectivity index (χ2n) is 25.5.